The molecule has 0 aromatic carbocycles. The van der Waals surface area contributed by atoms with Gasteiger partial charge in [-0.2, -0.15) is 11.8 Å². The van der Waals surface area contributed by atoms with Crippen LogP contribution in [0.3, 0.4) is 0 Å². The number of amides is 1. The lowest BCUT2D eigenvalue weighted by atomic mass is 10.1. The zero-order valence-electron chi connectivity index (χ0n) is 10.3. The van der Waals surface area contributed by atoms with Crippen molar-refractivity contribution in [1.82, 2.24) is 10.2 Å². The Bertz CT molecular complexity index is 286. The second kappa shape index (κ2) is 6.86. The van der Waals surface area contributed by atoms with Crippen LogP contribution in [0.15, 0.2) is 0 Å². The fourth-order valence-corrected chi connectivity index (χ4v) is 2.47. The monoisotopic (exact) mass is 260 g/mol. The first-order chi connectivity index (χ1) is 8.06. The number of thioether (sulfide) groups is 1. The molecule has 1 heterocycles. The highest BCUT2D eigenvalue weighted by molar-refractivity contribution is 7.98. The van der Waals surface area contributed by atoms with Crippen LogP contribution in [0.25, 0.3) is 0 Å². The molecule has 0 saturated carbocycles. The topological polar surface area (TPSA) is 69.6 Å². The normalized spacial score (nSPS) is 22.4. The van der Waals surface area contributed by atoms with E-state index in [1.54, 1.807) is 11.8 Å². The van der Waals surface area contributed by atoms with E-state index in [-0.39, 0.29) is 11.9 Å². The van der Waals surface area contributed by atoms with Gasteiger partial charge in [-0.3, -0.25) is 9.69 Å². The molecule has 0 spiro atoms. The van der Waals surface area contributed by atoms with Crippen LogP contribution in [-0.2, 0) is 9.59 Å². The van der Waals surface area contributed by atoms with Gasteiger partial charge in [-0.1, -0.05) is 0 Å². The smallest absolute Gasteiger partial charge is 0.326 e. The number of carbonyl (C=O) groups excluding carboxylic acids is 1. The summed E-state index contributed by atoms with van der Waals surface area (Å²) >= 11 is 1.58. The maximum absolute atomic E-state index is 11.9. The Morgan fingerprint density at radius 2 is 2.29 bits per heavy atom. The van der Waals surface area contributed by atoms with Crippen molar-refractivity contribution in [2.24, 2.45) is 0 Å². The molecule has 0 aromatic rings. The van der Waals surface area contributed by atoms with Crippen LogP contribution in [0, 0.1) is 0 Å². The van der Waals surface area contributed by atoms with Crippen LogP contribution in [0.4, 0.5) is 0 Å². The fourth-order valence-electron chi connectivity index (χ4n) is 2.00. The van der Waals surface area contributed by atoms with Crippen LogP contribution in [0.1, 0.15) is 19.3 Å². The van der Waals surface area contributed by atoms with E-state index in [4.69, 9.17) is 5.11 Å². The lowest BCUT2D eigenvalue weighted by molar-refractivity contribution is -0.142. The van der Waals surface area contributed by atoms with Crippen LogP contribution in [0.2, 0.25) is 0 Å². The van der Waals surface area contributed by atoms with E-state index < -0.39 is 12.0 Å². The van der Waals surface area contributed by atoms with E-state index in [0.29, 0.717) is 6.42 Å². The summed E-state index contributed by atoms with van der Waals surface area (Å²) in [5.74, 6) is -0.371. The Labute approximate surface area is 106 Å². The third kappa shape index (κ3) is 4.20. The molecule has 1 amide bonds. The first-order valence-corrected chi connectivity index (χ1v) is 7.18. The number of carbonyl (C=O) groups is 2. The van der Waals surface area contributed by atoms with Gasteiger partial charge in [0, 0.05) is 0 Å². The summed E-state index contributed by atoms with van der Waals surface area (Å²) in [6.45, 7) is 0.903. The minimum atomic E-state index is -0.951. The van der Waals surface area contributed by atoms with Gasteiger partial charge in [0.25, 0.3) is 0 Å². The maximum atomic E-state index is 11.9. The summed E-state index contributed by atoms with van der Waals surface area (Å²) in [5, 5.41) is 11.7. The van der Waals surface area contributed by atoms with Crippen LogP contribution in [-0.4, -0.2) is 59.6 Å². The lowest BCUT2D eigenvalue weighted by Crippen LogP contribution is -2.48. The van der Waals surface area contributed by atoms with E-state index in [2.05, 4.69) is 5.32 Å². The van der Waals surface area contributed by atoms with Gasteiger partial charge in [-0.05, 0) is 44.9 Å². The lowest BCUT2D eigenvalue weighted by Gasteiger charge is -2.21. The third-order valence-electron chi connectivity index (χ3n) is 3.05. The molecule has 98 valence electrons. The molecule has 0 aromatic heterocycles. The van der Waals surface area contributed by atoms with Crippen molar-refractivity contribution in [2.75, 3.05) is 25.6 Å². The van der Waals surface area contributed by atoms with E-state index in [0.717, 1.165) is 25.1 Å². The van der Waals surface area contributed by atoms with Gasteiger partial charge in [0.1, 0.15) is 6.04 Å². The van der Waals surface area contributed by atoms with Crippen molar-refractivity contribution >= 4 is 23.6 Å². The summed E-state index contributed by atoms with van der Waals surface area (Å²) in [7, 11) is 1.90. The molecular formula is C11H20N2O3S. The number of likely N-dealkylation sites (tertiary alicyclic amines) is 1. The molecule has 6 heteroatoms. The molecule has 0 aliphatic carbocycles. The average Bonchev–Trinajstić information content (AvgIpc) is 2.70. The minimum Gasteiger partial charge on any atom is -0.480 e. The number of nitrogens with one attached hydrogen (secondary N) is 1. The molecule has 1 fully saturated rings. The largest absolute Gasteiger partial charge is 0.480 e. The molecule has 1 rings (SSSR count). The minimum absolute atomic E-state index is 0.154. The number of likely N-dealkylation sites (N-methyl/N-ethyl adjacent to an activating group) is 1. The Balaban J connectivity index is 2.48. The SMILES string of the molecule is CSCC[C@H](NC(=O)C1CCCN1C)C(=O)O. The van der Waals surface area contributed by atoms with E-state index in [9.17, 15) is 9.59 Å². The Morgan fingerprint density at radius 1 is 1.59 bits per heavy atom. The molecular weight excluding hydrogens is 240 g/mol. The Kier molecular flexibility index (Phi) is 5.77. The Hall–Kier alpha value is -0.750. The van der Waals surface area contributed by atoms with Crippen molar-refractivity contribution in [1.29, 1.82) is 0 Å². The third-order valence-corrected chi connectivity index (χ3v) is 3.69. The zero-order chi connectivity index (χ0) is 12.8. The predicted molar refractivity (Wildman–Crippen MR) is 68.2 cm³/mol. The standard InChI is InChI=1S/C11H20N2O3S/c1-13-6-3-4-9(13)10(14)12-8(11(15)16)5-7-17-2/h8-9H,3-7H2,1-2H3,(H,12,14)(H,15,16)/t8-,9?/m0/s1. The molecule has 1 unspecified atom stereocenters. The zero-order valence-corrected chi connectivity index (χ0v) is 11.1. The number of aliphatic carboxylic acids is 1. The molecule has 17 heavy (non-hydrogen) atoms. The molecule has 1 saturated heterocycles. The number of hydrogen-bond acceptors (Lipinski definition) is 4. The highest BCUT2D eigenvalue weighted by atomic mass is 32.2. The number of carboxylic acid groups (broad SMARTS) is 1. The Morgan fingerprint density at radius 3 is 2.76 bits per heavy atom. The summed E-state index contributed by atoms with van der Waals surface area (Å²) < 4.78 is 0. The quantitative estimate of drug-likeness (QED) is 0.723. The second-order valence-corrected chi connectivity index (χ2v) is 5.31. The molecule has 1 aliphatic heterocycles. The van der Waals surface area contributed by atoms with Gasteiger partial charge in [0.2, 0.25) is 5.91 Å². The molecule has 2 N–H and O–H groups in total. The van der Waals surface area contributed by atoms with Gasteiger partial charge >= 0.3 is 5.97 Å². The summed E-state index contributed by atoms with van der Waals surface area (Å²) in [5.41, 5.74) is 0. The molecule has 0 bridgehead atoms. The second-order valence-electron chi connectivity index (χ2n) is 4.32. The van der Waals surface area contributed by atoms with Crippen molar-refractivity contribution in [3.8, 4) is 0 Å². The molecule has 2 atom stereocenters. The van der Waals surface area contributed by atoms with Crippen LogP contribution < -0.4 is 5.32 Å². The summed E-state index contributed by atoms with van der Waals surface area (Å²) in [6, 6.07) is -0.921. The highest BCUT2D eigenvalue weighted by Gasteiger charge is 2.30. The van der Waals surface area contributed by atoms with Gasteiger partial charge in [-0.15, -0.1) is 0 Å². The van der Waals surface area contributed by atoms with Gasteiger partial charge < -0.3 is 10.4 Å². The molecule has 0 radical (unpaired) electrons. The van der Waals surface area contributed by atoms with Crippen LogP contribution in [0.5, 0.6) is 0 Å². The highest BCUT2D eigenvalue weighted by Crippen LogP contribution is 2.15. The summed E-state index contributed by atoms with van der Waals surface area (Å²) in [4.78, 5) is 24.9. The molecule has 5 nitrogen and oxygen atoms in total. The van der Waals surface area contributed by atoms with Crippen molar-refractivity contribution < 1.29 is 14.7 Å². The van der Waals surface area contributed by atoms with E-state index in [1.165, 1.54) is 0 Å². The summed E-state index contributed by atoms with van der Waals surface area (Å²) in [6.07, 6.45) is 4.21. The van der Waals surface area contributed by atoms with Crippen molar-refractivity contribution in [2.45, 2.75) is 31.3 Å². The van der Waals surface area contributed by atoms with E-state index in [1.807, 2.05) is 18.2 Å². The fraction of sp³-hybridized carbons (Fsp3) is 0.818. The van der Waals surface area contributed by atoms with Crippen LogP contribution >= 0.6 is 11.8 Å². The average molecular weight is 260 g/mol. The predicted octanol–water partition coefficient (Wildman–Crippen LogP) is 0.403. The maximum Gasteiger partial charge on any atom is 0.326 e. The number of rotatable bonds is 6. The van der Waals surface area contributed by atoms with Crippen molar-refractivity contribution in [3.05, 3.63) is 0 Å². The number of hydrogen-bond donors (Lipinski definition) is 2. The first-order valence-electron chi connectivity index (χ1n) is 5.78. The first kappa shape index (κ1) is 14.3. The van der Waals surface area contributed by atoms with E-state index >= 15 is 0 Å². The van der Waals surface area contributed by atoms with Gasteiger partial charge in [0.05, 0.1) is 6.04 Å². The number of nitrogens with zero attached hydrogens (tertiary/aromatic N) is 1. The van der Waals surface area contributed by atoms with Gasteiger partial charge in [-0.25, -0.2) is 4.79 Å². The molecule has 1 aliphatic rings. The van der Waals surface area contributed by atoms with Gasteiger partial charge in [0.15, 0.2) is 0 Å². The number of carboxylic acids is 1. The van der Waals surface area contributed by atoms with Crippen molar-refractivity contribution in [3.63, 3.8) is 0 Å².